The molecule has 5 heteroatoms. The Bertz CT molecular complexity index is 991. The largest absolute Gasteiger partial charge is 0.508 e. The molecule has 158 valence electrons. The molecule has 3 aliphatic carbocycles. The molecule has 2 aromatic rings. The standard InChI is InChI=1S/C25H32N4O/c1-3-14-29-18(11-13-27-29)16-26-28-24-9-8-23-22-6-4-17-15-19(30)5-7-20(17)21(22)10-12-25(23,24)2/h5,7,11,13,15-16,21-23,30H,3-4,6,8-10,12,14H2,1-2H3/b26-16-,28-24-/t21-,22+,23+,25+/m0/s1. The number of nitrogens with zero attached hydrogens (tertiary/aromatic N) is 4. The normalized spacial score (nSPS) is 31.7. The topological polar surface area (TPSA) is 62.8 Å². The lowest BCUT2D eigenvalue weighted by atomic mass is 9.55. The Labute approximate surface area is 178 Å². The van der Waals surface area contributed by atoms with E-state index < -0.39 is 0 Å². The smallest absolute Gasteiger partial charge is 0.115 e. The molecule has 2 saturated carbocycles. The van der Waals surface area contributed by atoms with E-state index in [2.05, 4.69) is 30.1 Å². The molecular weight excluding hydrogens is 372 g/mol. The van der Waals surface area contributed by atoms with E-state index in [9.17, 15) is 5.11 Å². The monoisotopic (exact) mass is 404 g/mol. The van der Waals surface area contributed by atoms with Crippen LogP contribution >= 0.6 is 0 Å². The van der Waals surface area contributed by atoms with Crippen molar-refractivity contribution in [2.75, 3.05) is 0 Å². The van der Waals surface area contributed by atoms with Crippen LogP contribution in [0.3, 0.4) is 0 Å². The van der Waals surface area contributed by atoms with Crippen LogP contribution in [0.4, 0.5) is 0 Å². The molecule has 30 heavy (non-hydrogen) atoms. The summed E-state index contributed by atoms with van der Waals surface area (Å²) in [7, 11) is 0. The lowest BCUT2D eigenvalue weighted by Gasteiger charge is -2.49. The quantitative estimate of drug-likeness (QED) is 0.553. The summed E-state index contributed by atoms with van der Waals surface area (Å²) in [6.45, 7) is 5.50. The van der Waals surface area contributed by atoms with Crippen molar-refractivity contribution >= 4 is 11.9 Å². The summed E-state index contributed by atoms with van der Waals surface area (Å²) in [6.07, 6.45) is 11.8. The molecule has 5 rings (SSSR count). The molecule has 2 fully saturated rings. The minimum atomic E-state index is 0.177. The first-order chi connectivity index (χ1) is 14.6. The van der Waals surface area contributed by atoms with Crippen molar-refractivity contribution in [3.63, 3.8) is 0 Å². The third-order valence-corrected chi connectivity index (χ3v) is 8.00. The first kappa shape index (κ1) is 19.5. The number of aromatic hydroxyl groups is 1. The molecule has 0 unspecified atom stereocenters. The van der Waals surface area contributed by atoms with E-state index in [0.29, 0.717) is 17.6 Å². The Morgan fingerprint density at radius 1 is 1.23 bits per heavy atom. The van der Waals surface area contributed by atoms with Crippen molar-refractivity contribution in [3.8, 4) is 5.75 Å². The van der Waals surface area contributed by atoms with Crippen LogP contribution in [-0.4, -0.2) is 26.8 Å². The first-order valence-corrected chi connectivity index (χ1v) is 11.5. The molecule has 0 saturated heterocycles. The Morgan fingerprint density at radius 2 is 2.13 bits per heavy atom. The van der Waals surface area contributed by atoms with Gasteiger partial charge in [-0.05, 0) is 92.0 Å². The number of aryl methyl sites for hydroxylation is 2. The average molecular weight is 405 g/mol. The van der Waals surface area contributed by atoms with E-state index in [0.717, 1.165) is 37.4 Å². The van der Waals surface area contributed by atoms with Crippen molar-refractivity contribution in [1.82, 2.24) is 9.78 Å². The first-order valence-electron chi connectivity index (χ1n) is 11.5. The summed E-state index contributed by atoms with van der Waals surface area (Å²) in [5.74, 6) is 2.46. The van der Waals surface area contributed by atoms with Crippen LogP contribution in [0.5, 0.6) is 5.75 Å². The lowest BCUT2D eigenvalue weighted by molar-refractivity contribution is 0.0955. The van der Waals surface area contributed by atoms with Crippen LogP contribution in [0.2, 0.25) is 0 Å². The molecule has 0 spiro atoms. The average Bonchev–Trinajstić information content (AvgIpc) is 3.32. The second-order valence-electron chi connectivity index (χ2n) is 9.56. The van der Waals surface area contributed by atoms with Gasteiger partial charge in [-0.1, -0.05) is 19.9 Å². The minimum Gasteiger partial charge on any atom is -0.508 e. The predicted molar refractivity (Wildman–Crippen MR) is 120 cm³/mol. The summed E-state index contributed by atoms with van der Waals surface area (Å²) in [6, 6.07) is 8.03. The van der Waals surface area contributed by atoms with Gasteiger partial charge in [-0.15, -0.1) is 0 Å². The SMILES string of the molecule is CCCn1nccc1/C=N\N=C1\CC[C@@H]2[C@@H]3CCc4cc(O)ccc4[C@@H]3CC[C@@]12C. The highest BCUT2D eigenvalue weighted by atomic mass is 16.3. The van der Waals surface area contributed by atoms with Crippen LogP contribution in [0.25, 0.3) is 0 Å². The van der Waals surface area contributed by atoms with E-state index in [-0.39, 0.29) is 5.41 Å². The maximum atomic E-state index is 9.87. The number of rotatable bonds is 4. The molecule has 1 aromatic carbocycles. The summed E-state index contributed by atoms with van der Waals surface area (Å²) in [5.41, 5.74) is 5.34. The highest BCUT2D eigenvalue weighted by Crippen LogP contribution is 2.60. The fourth-order valence-corrected chi connectivity index (χ4v) is 6.53. The third-order valence-electron chi connectivity index (χ3n) is 8.00. The van der Waals surface area contributed by atoms with E-state index in [1.807, 2.05) is 35.3 Å². The van der Waals surface area contributed by atoms with Gasteiger partial charge in [0.05, 0.1) is 11.9 Å². The molecule has 0 bridgehead atoms. The highest BCUT2D eigenvalue weighted by molar-refractivity contribution is 5.93. The molecule has 0 radical (unpaired) electrons. The second kappa shape index (κ2) is 7.68. The van der Waals surface area contributed by atoms with Crippen molar-refractivity contribution in [1.29, 1.82) is 0 Å². The number of aromatic nitrogens is 2. The number of phenols is 1. The van der Waals surface area contributed by atoms with Crippen LogP contribution in [0, 0.1) is 17.3 Å². The van der Waals surface area contributed by atoms with Crippen LogP contribution in [0.1, 0.15) is 75.1 Å². The van der Waals surface area contributed by atoms with Crippen molar-refractivity contribution in [2.45, 2.75) is 71.3 Å². The number of phenolic OH excluding ortho intramolecular Hbond substituents is 1. The van der Waals surface area contributed by atoms with Crippen molar-refractivity contribution in [3.05, 3.63) is 47.3 Å². The molecule has 4 atom stereocenters. The molecule has 1 heterocycles. The van der Waals surface area contributed by atoms with Crippen LogP contribution < -0.4 is 0 Å². The lowest BCUT2D eigenvalue weighted by Crippen LogP contribution is -2.42. The molecule has 0 amide bonds. The fourth-order valence-electron chi connectivity index (χ4n) is 6.53. The predicted octanol–water partition coefficient (Wildman–Crippen LogP) is 5.33. The van der Waals surface area contributed by atoms with Crippen molar-refractivity contribution < 1.29 is 5.11 Å². The van der Waals surface area contributed by atoms with Gasteiger partial charge in [-0.3, -0.25) is 4.68 Å². The zero-order valence-corrected chi connectivity index (χ0v) is 18.1. The summed E-state index contributed by atoms with van der Waals surface area (Å²) < 4.78 is 1.99. The Kier molecular flexibility index (Phi) is 5.00. The maximum Gasteiger partial charge on any atom is 0.115 e. The van der Waals surface area contributed by atoms with Gasteiger partial charge >= 0.3 is 0 Å². The molecule has 1 N–H and O–H groups in total. The van der Waals surface area contributed by atoms with E-state index in [1.165, 1.54) is 42.5 Å². The van der Waals surface area contributed by atoms with Gasteiger partial charge in [0.2, 0.25) is 0 Å². The van der Waals surface area contributed by atoms with Gasteiger partial charge in [0.1, 0.15) is 5.75 Å². The van der Waals surface area contributed by atoms with Crippen molar-refractivity contribution in [2.24, 2.45) is 27.5 Å². The Balaban J connectivity index is 1.36. The molecule has 0 aliphatic heterocycles. The Hall–Kier alpha value is -2.43. The summed E-state index contributed by atoms with van der Waals surface area (Å²) in [4.78, 5) is 0. The number of hydrogen-bond donors (Lipinski definition) is 1. The number of benzene rings is 1. The maximum absolute atomic E-state index is 9.87. The van der Waals surface area contributed by atoms with Gasteiger partial charge in [0.25, 0.3) is 0 Å². The fraction of sp³-hybridized carbons (Fsp3) is 0.560. The van der Waals surface area contributed by atoms with E-state index >= 15 is 0 Å². The molecule has 1 aromatic heterocycles. The van der Waals surface area contributed by atoms with E-state index in [1.54, 1.807) is 0 Å². The van der Waals surface area contributed by atoms with Gasteiger partial charge in [0, 0.05) is 23.9 Å². The molecular formula is C25H32N4O. The summed E-state index contributed by atoms with van der Waals surface area (Å²) >= 11 is 0. The Morgan fingerprint density at radius 3 is 3.00 bits per heavy atom. The van der Waals surface area contributed by atoms with Gasteiger partial charge in [-0.25, -0.2) is 0 Å². The summed E-state index contributed by atoms with van der Waals surface area (Å²) in [5, 5.41) is 23.5. The minimum absolute atomic E-state index is 0.177. The second-order valence-corrected chi connectivity index (χ2v) is 9.56. The molecule has 5 nitrogen and oxygen atoms in total. The number of hydrogen-bond acceptors (Lipinski definition) is 4. The van der Waals surface area contributed by atoms with Crippen LogP contribution in [-0.2, 0) is 13.0 Å². The van der Waals surface area contributed by atoms with Gasteiger partial charge < -0.3 is 5.11 Å². The van der Waals surface area contributed by atoms with E-state index in [4.69, 9.17) is 5.10 Å². The molecule has 3 aliphatic rings. The van der Waals surface area contributed by atoms with Crippen LogP contribution in [0.15, 0.2) is 40.7 Å². The van der Waals surface area contributed by atoms with Gasteiger partial charge in [0.15, 0.2) is 0 Å². The van der Waals surface area contributed by atoms with Gasteiger partial charge in [-0.2, -0.15) is 15.3 Å². The highest BCUT2D eigenvalue weighted by Gasteiger charge is 2.53. The zero-order chi connectivity index (χ0) is 20.7. The number of fused-ring (bicyclic) bond motifs is 5. The zero-order valence-electron chi connectivity index (χ0n) is 18.1. The third kappa shape index (κ3) is 3.19.